The summed E-state index contributed by atoms with van der Waals surface area (Å²) >= 11 is 0. The lowest BCUT2D eigenvalue weighted by Crippen LogP contribution is -2.13. The normalized spacial score (nSPS) is 11.9. The second kappa shape index (κ2) is 3.54. The first kappa shape index (κ1) is 9.97. The number of pyridine rings is 1. The molecule has 0 amide bonds. The molecule has 7 nitrogen and oxygen atoms in total. The molecule has 2 rings (SSSR count). The van der Waals surface area contributed by atoms with Crippen molar-refractivity contribution in [3.05, 3.63) is 35.8 Å². The van der Waals surface area contributed by atoms with Crippen LogP contribution in [-0.2, 0) is 0 Å². The molecule has 0 unspecified atom stereocenters. The van der Waals surface area contributed by atoms with Crippen LogP contribution < -0.4 is 5.73 Å². The Bertz CT molecular complexity index is 587. The van der Waals surface area contributed by atoms with Crippen molar-refractivity contribution in [2.45, 2.75) is 0 Å². The predicted molar refractivity (Wildman–Crippen MR) is 54.7 cm³/mol. The molecule has 0 saturated heterocycles. The summed E-state index contributed by atoms with van der Waals surface area (Å²) in [5, 5.41) is 20.1. The van der Waals surface area contributed by atoms with Crippen molar-refractivity contribution in [2.24, 2.45) is 10.9 Å². The average Bonchev–Trinajstić information content (AvgIpc) is 2.70. The van der Waals surface area contributed by atoms with Gasteiger partial charge >= 0.3 is 5.97 Å². The first-order valence-corrected chi connectivity index (χ1v) is 4.32. The highest BCUT2D eigenvalue weighted by atomic mass is 16.4. The highest BCUT2D eigenvalue weighted by molar-refractivity contribution is 5.97. The number of nitrogens with two attached hydrogens (primary N) is 1. The molecule has 0 radical (unpaired) electrons. The molecule has 2 heterocycles. The Hall–Kier alpha value is -2.57. The molecule has 2 aromatic rings. The third kappa shape index (κ3) is 1.54. The van der Waals surface area contributed by atoms with Crippen LogP contribution in [0.2, 0.25) is 0 Å². The molecule has 0 spiro atoms. The first-order valence-electron chi connectivity index (χ1n) is 4.32. The van der Waals surface area contributed by atoms with Crippen LogP contribution in [0.5, 0.6) is 0 Å². The number of aromatic carboxylic acids is 1. The summed E-state index contributed by atoms with van der Waals surface area (Å²) in [6.07, 6.45) is 2.88. The van der Waals surface area contributed by atoms with E-state index in [2.05, 4.69) is 10.1 Å². The van der Waals surface area contributed by atoms with Crippen molar-refractivity contribution < 1.29 is 15.1 Å². The minimum atomic E-state index is -1.10. The van der Waals surface area contributed by atoms with Crippen LogP contribution >= 0.6 is 0 Å². The van der Waals surface area contributed by atoms with Gasteiger partial charge in [0.05, 0.1) is 0 Å². The number of imidazole rings is 1. The Morgan fingerprint density at radius 3 is 2.81 bits per heavy atom. The fraction of sp³-hybridized carbons (Fsp3) is 0. The maximum absolute atomic E-state index is 10.7. The minimum Gasteiger partial charge on any atom is -0.476 e. The highest BCUT2D eigenvalue weighted by Crippen LogP contribution is 2.07. The van der Waals surface area contributed by atoms with Crippen molar-refractivity contribution in [2.75, 3.05) is 0 Å². The number of hydrogen-bond acceptors (Lipinski definition) is 4. The number of rotatable bonds is 2. The number of fused-ring (bicyclic) bond motifs is 1. The lowest BCUT2D eigenvalue weighted by Gasteiger charge is -1.98. The molecule has 0 aromatic carbocycles. The molecule has 0 atom stereocenters. The van der Waals surface area contributed by atoms with E-state index in [9.17, 15) is 4.79 Å². The quantitative estimate of drug-likeness (QED) is 0.288. The Morgan fingerprint density at radius 2 is 2.19 bits per heavy atom. The fourth-order valence-electron chi connectivity index (χ4n) is 1.30. The molecule has 0 aliphatic carbocycles. The van der Waals surface area contributed by atoms with Crippen LogP contribution in [0.3, 0.4) is 0 Å². The van der Waals surface area contributed by atoms with E-state index in [1.165, 1.54) is 16.8 Å². The molecule has 0 fully saturated rings. The summed E-state index contributed by atoms with van der Waals surface area (Å²) in [7, 11) is 0. The third-order valence-electron chi connectivity index (χ3n) is 2.07. The van der Waals surface area contributed by atoms with Gasteiger partial charge in [-0.1, -0.05) is 5.16 Å². The predicted octanol–water partition coefficient (Wildman–Crippen LogP) is 0.127. The van der Waals surface area contributed by atoms with Gasteiger partial charge in [0, 0.05) is 18.0 Å². The van der Waals surface area contributed by atoms with E-state index in [1.54, 1.807) is 12.1 Å². The zero-order valence-corrected chi connectivity index (χ0v) is 8.03. The molecule has 2 aromatic heterocycles. The number of carboxylic acid groups (broad SMARTS) is 1. The lowest BCUT2D eigenvalue weighted by molar-refractivity contribution is 0.0691. The van der Waals surface area contributed by atoms with Gasteiger partial charge in [-0.25, -0.2) is 9.78 Å². The number of amidine groups is 1. The molecular weight excluding hydrogens is 212 g/mol. The van der Waals surface area contributed by atoms with Gasteiger partial charge in [-0.2, -0.15) is 0 Å². The molecule has 0 bridgehead atoms. The maximum Gasteiger partial charge on any atom is 0.356 e. The number of hydrogen-bond donors (Lipinski definition) is 3. The van der Waals surface area contributed by atoms with Gasteiger partial charge < -0.3 is 20.4 Å². The summed E-state index contributed by atoms with van der Waals surface area (Å²) < 4.78 is 1.50. The average molecular weight is 220 g/mol. The topological polar surface area (TPSA) is 113 Å². The van der Waals surface area contributed by atoms with Gasteiger partial charge in [-0.3, -0.25) is 0 Å². The van der Waals surface area contributed by atoms with E-state index in [0.717, 1.165) is 0 Å². The molecular formula is C9H8N4O3. The van der Waals surface area contributed by atoms with Gasteiger partial charge in [-0.05, 0) is 12.1 Å². The van der Waals surface area contributed by atoms with Crippen LogP contribution in [0.1, 0.15) is 16.1 Å². The van der Waals surface area contributed by atoms with Crippen LogP contribution in [0.25, 0.3) is 5.65 Å². The number of oxime groups is 1. The van der Waals surface area contributed by atoms with Crippen LogP contribution in [0, 0.1) is 0 Å². The summed E-state index contributed by atoms with van der Waals surface area (Å²) in [4.78, 5) is 14.5. The first-order chi connectivity index (χ1) is 7.61. The second-order valence-electron chi connectivity index (χ2n) is 3.10. The van der Waals surface area contributed by atoms with E-state index in [1.807, 2.05) is 0 Å². The molecule has 7 heteroatoms. The number of aromatic nitrogens is 2. The summed E-state index contributed by atoms with van der Waals surface area (Å²) in [5.74, 6) is -1.15. The van der Waals surface area contributed by atoms with Crippen LogP contribution in [0.4, 0.5) is 0 Å². The summed E-state index contributed by atoms with van der Waals surface area (Å²) in [5.41, 5.74) is 6.30. The smallest absolute Gasteiger partial charge is 0.356 e. The molecule has 16 heavy (non-hydrogen) atoms. The van der Waals surface area contributed by atoms with E-state index >= 15 is 0 Å². The van der Waals surface area contributed by atoms with Gasteiger partial charge in [0.25, 0.3) is 0 Å². The zero-order chi connectivity index (χ0) is 11.7. The largest absolute Gasteiger partial charge is 0.476 e. The van der Waals surface area contributed by atoms with E-state index < -0.39 is 5.97 Å². The zero-order valence-electron chi connectivity index (χ0n) is 8.03. The van der Waals surface area contributed by atoms with E-state index in [0.29, 0.717) is 11.2 Å². The SMILES string of the molecule is N/C(=N/O)c1ccc2nc(C(=O)O)cn2c1. The Balaban J connectivity index is 2.58. The standard InChI is InChI=1S/C9H8N4O3/c10-8(12-16)5-1-2-7-11-6(9(14)15)4-13(7)3-5/h1-4,16H,(H2,10,12)(H,14,15). The van der Waals surface area contributed by atoms with Crippen LogP contribution in [-0.4, -0.2) is 31.5 Å². The Labute approximate surface area is 89.4 Å². The monoisotopic (exact) mass is 220 g/mol. The van der Waals surface area contributed by atoms with Gasteiger partial charge in [0.2, 0.25) is 0 Å². The van der Waals surface area contributed by atoms with E-state index in [4.69, 9.17) is 16.0 Å². The Morgan fingerprint density at radius 1 is 1.44 bits per heavy atom. The number of nitrogens with zero attached hydrogens (tertiary/aromatic N) is 3. The van der Waals surface area contributed by atoms with Crippen molar-refractivity contribution >= 4 is 17.5 Å². The van der Waals surface area contributed by atoms with Crippen molar-refractivity contribution in [1.29, 1.82) is 0 Å². The highest BCUT2D eigenvalue weighted by Gasteiger charge is 2.09. The van der Waals surface area contributed by atoms with E-state index in [-0.39, 0.29) is 11.5 Å². The summed E-state index contributed by atoms with van der Waals surface area (Å²) in [6.45, 7) is 0. The second-order valence-corrected chi connectivity index (χ2v) is 3.10. The van der Waals surface area contributed by atoms with Crippen molar-refractivity contribution in [3.63, 3.8) is 0 Å². The van der Waals surface area contributed by atoms with Gasteiger partial charge in [0.1, 0.15) is 5.65 Å². The van der Waals surface area contributed by atoms with Crippen molar-refractivity contribution in [1.82, 2.24) is 9.38 Å². The molecule has 0 aliphatic heterocycles. The number of carboxylic acids is 1. The maximum atomic E-state index is 10.7. The number of carbonyl (C=O) groups is 1. The van der Waals surface area contributed by atoms with Crippen LogP contribution in [0.15, 0.2) is 29.7 Å². The molecule has 82 valence electrons. The lowest BCUT2D eigenvalue weighted by atomic mass is 10.2. The van der Waals surface area contributed by atoms with Gasteiger partial charge in [-0.15, -0.1) is 0 Å². The van der Waals surface area contributed by atoms with Gasteiger partial charge in [0.15, 0.2) is 11.5 Å². The molecule has 0 saturated carbocycles. The fourth-order valence-corrected chi connectivity index (χ4v) is 1.30. The molecule has 4 N–H and O–H groups in total. The Kier molecular flexibility index (Phi) is 2.20. The minimum absolute atomic E-state index is 0.0486. The summed E-state index contributed by atoms with van der Waals surface area (Å²) in [6, 6.07) is 3.17. The molecule has 0 aliphatic rings. The third-order valence-corrected chi connectivity index (χ3v) is 2.07. The van der Waals surface area contributed by atoms with Crippen molar-refractivity contribution in [3.8, 4) is 0 Å².